The molecule has 0 saturated carbocycles. The number of aromatic nitrogens is 2. The SMILES string of the molecule is C=CCN1CCN(C(=O)C2CCc3nc(-c4ccccc4)nc(OC)c3CC2)CC1. The van der Waals surface area contributed by atoms with Gasteiger partial charge in [-0.1, -0.05) is 36.4 Å². The number of fused-ring (bicyclic) bond motifs is 1. The molecular formula is C24H30N4O2. The summed E-state index contributed by atoms with van der Waals surface area (Å²) in [4.78, 5) is 27.1. The highest BCUT2D eigenvalue weighted by Gasteiger charge is 2.30. The maximum absolute atomic E-state index is 13.2. The molecule has 0 N–H and O–H groups in total. The molecule has 1 amide bonds. The van der Waals surface area contributed by atoms with Gasteiger partial charge in [0.1, 0.15) is 0 Å². The Hall–Kier alpha value is -2.73. The van der Waals surface area contributed by atoms with Crippen LogP contribution in [-0.4, -0.2) is 65.5 Å². The number of hydrogen-bond donors (Lipinski definition) is 0. The van der Waals surface area contributed by atoms with Crippen LogP contribution < -0.4 is 4.74 Å². The Morgan fingerprint density at radius 1 is 1.13 bits per heavy atom. The fraction of sp³-hybridized carbons (Fsp3) is 0.458. The number of methoxy groups -OCH3 is 1. The van der Waals surface area contributed by atoms with Crippen LogP contribution in [0.3, 0.4) is 0 Å². The summed E-state index contributed by atoms with van der Waals surface area (Å²) < 4.78 is 5.62. The Balaban J connectivity index is 1.48. The zero-order chi connectivity index (χ0) is 20.9. The van der Waals surface area contributed by atoms with Crippen molar-refractivity contribution in [2.24, 2.45) is 5.92 Å². The van der Waals surface area contributed by atoms with Crippen LogP contribution in [-0.2, 0) is 17.6 Å². The third-order valence-electron chi connectivity index (χ3n) is 6.17. The van der Waals surface area contributed by atoms with E-state index in [0.29, 0.717) is 11.7 Å². The van der Waals surface area contributed by atoms with E-state index in [9.17, 15) is 4.79 Å². The predicted octanol–water partition coefficient (Wildman–Crippen LogP) is 2.98. The minimum atomic E-state index is 0.0371. The molecule has 2 aromatic rings. The highest BCUT2D eigenvalue weighted by atomic mass is 16.5. The van der Waals surface area contributed by atoms with Gasteiger partial charge in [0.2, 0.25) is 11.8 Å². The standard InChI is InChI=1S/C24H30N4O2/c1-3-13-27-14-16-28(17-15-27)24(29)19-9-11-20-21(12-10-19)25-22(26-23(20)30-2)18-7-5-4-6-8-18/h3-8,19H,1,9-17H2,2H3. The second-order valence-electron chi connectivity index (χ2n) is 8.04. The lowest BCUT2D eigenvalue weighted by molar-refractivity contribution is -0.137. The molecule has 6 nitrogen and oxygen atoms in total. The third-order valence-corrected chi connectivity index (χ3v) is 6.17. The monoisotopic (exact) mass is 406 g/mol. The number of carbonyl (C=O) groups is 1. The number of ether oxygens (including phenoxy) is 1. The van der Waals surface area contributed by atoms with Crippen molar-refractivity contribution < 1.29 is 9.53 Å². The summed E-state index contributed by atoms with van der Waals surface area (Å²) in [6.45, 7) is 8.15. The molecule has 1 unspecified atom stereocenters. The van der Waals surface area contributed by atoms with Crippen LogP contribution >= 0.6 is 0 Å². The average Bonchev–Trinajstić information content (AvgIpc) is 3.02. The van der Waals surface area contributed by atoms with Gasteiger partial charge < -0.3 is 9.64 Å². The molecule has 1 aromatic heterocycles. The van der Waals surface area contributed by atoms with E-state index in [4.69, 9.17) is 9.72 Å². The van der Waals surface area contributed by atoms with Crippen LogP contribution in [0.2, 0.25) is 0 Å². The minimum Gasteiger partial charge on any atom is -0.481 e. The molecule has 30 heavy (non-hydrogen) atoms. The molecule has 4 rings (SSSR count). The summed E-state index contributed by atoms with van der Waals surface area (Å²) in [5.41, 5.74) is 3.06. The Morgan fingerprint density at radius 3 is 2.57 bits per heavy atom. The lowest BCUT2D eigenvalue weighted by atomic mass is 9.97. The lowest BCUT2D eigenvalue weighted by Crippen LogP contribution is -2.50. The fourth-order valence-electron chi connectivity index (χ4n) is 4.46. The van der Waals surface area contributed by atoms with E-state index in [1.807, 2.05) is 41.3 Å². The predicted molar refractivity (Wildman–Crippen MR) is 117 cm³/mol. The second kappa shape index (κ2) is 9.39. The van der Waals surface area contributed by atoms with Gasteiger partial charge in [-0.25, -0.2) is 4.98 Å². The maximum atomic E-state index is 13.2. The molecule has 1 aliphatic carbocycles. The highest BCUT2D eigenvalue weighted by Crippen LogP contribution is 2.32. The third kappa shape index (κ3) is 4.38. The second-order valence-corrected chi connectivity index (χ2v) is 8.04. The van der Waals surface area contributed by atoms with Crippen LogP contribution in [0.1, 0.15) is 24.1 Å². The number of carbonyl (C=O) groups excluding carboxylic acids is 1. The number of aryl methyl sites for hydroxylation is 1. The van der Waals surface area contributed by atoms with Crippen molar-refractivity contribution in [3.8, 4) is 17.3 Å². The van der Waals surface area contributed by atoms with Crippen LogP contribution in [0.25, 0.3) is 11.4 Å². The summed E-state index contributed by atoms with van der Waals surface area (Å²) in [6.07, 6.45) is 5.13. The maximum Gasteiger partial charge on any atom is 0.225 e. The van der Waals surface area contributed by atoms with Crippen molar-refractivity contribution in [1.82, 2.24) is 19.8 Å². The zero-order valence-electron chi connectivity index (χ0n) is 17.7. The van der Waals surface area contributed by atoms with Gasteiger partial charge in [-0.15, -0.1) is 6.58 Å². The van der Waals surface area contributed by atoms with Gasteiger partial charge in [-0.3, -0.25) is 9.69 Å². The quantitative estimate of drug-likeness (QED) is 0.564. The molecule has 0 bridgehead atoms. The smallest absolute Gasteiger partial charge is 0.225 e. The normalized spacial score (nSPS) is 19.6. The molecule has 2 aliphatic rings. The lowest BCUT2D eigenvalue weighted by Gasteiger charge is -2.35. The number of hydrogen-bond acceptors (Lipinski definition) is 5. The summed E-state index contributed by atoms with van der Waals surface area (Å²) in [6, 6.07) is 9.98. The average molecular weight is 407 g/mol. The topological polar surface area (TPSA) is 58.6 Å². The molecule has 1 atom stereocenters. The molecule has 1 aliphatic heterocycles. The van der Waals surface area contributed by atoms with Crippen LogP contribution in [0.5, 0.6) is 5.88 Å². The Kier molecular flexibility index (Phi) is 6.43. The molecule has 6 heteroatoms. The number of benzene rings is 1. The van der Waals surface area contributed by atoms with E-state index >= 15 is 0 Å². The van der Waals surface area contributed by atoms with Gasteiger partial charge in [0.25, 0.3) is 0 Å². The molecular weight excluding hydrogens is 376 g/mol. The van der Waals surface area contributed by atoms with Gasteiger partial charge in [0.15, 0.2) is 5.82 Å². The van der Waals surface area contributed by atoms with Gasteiger partial charge in [-0.05, 0) is 25.7 Å². The fourth-order valence-corrected chi connectivity index (χ4v) is 4.46. The number of amides is 1. The summed E-state index contributed by atoms with van der Waals surface area (Å²) in [5.74, 6) is 1.66. The van der Waals surface area contributed by atoms with Crippen molar-refractivity contribution in [1.29, 1.82) is 0 Å². The Bertz CT molecular complexity index is 892. The molecule has 0 spiro atoms. The summed E-state index contributed by atoms with van der Waals surface area (Å²) in [5, 5.41) is 0. The molecule has 1 saturated heterocycles. The van der Waals surface area contributed by atoms with E-state index in [1.165, 1.54) is 0 Å². The number of piperazine rings is 1. The summed E-state index contributed by atoms with van der Waals surface area (Å²) >= 11 is 0. The number of rotatable bonds is 5. The zero-order valence-corrected chi connectivity index (χ0v) is 17.7. The van der Waals surface area contributed by atoms with Crippen molar-refractivity contribution in [2.75, 3.05) is 39.8 Å². The molecule has 0 radical (unpaired) electrons. The minimum absolute atomic E-state index is 0.0371. The van der Waals surface area contributed by atoms with Crippen molar-refractivity contribution in [3.05, 3.63) is 54.2 Å². The van der Waals surface area contributed by atoms with Gasteiger partial charge in [0, 0.05) is 49.8 Å². The van der Waals surface area contributed by atoms with Crippen molar-refractivity contribution >= 4 is 5.91 Å². The van der Waals surface area contributed by atoms with Gasteiger partial charge in [0.05, 0.1) is 12.8 Å². The first-order valence-electron chi connectivity index (χ1n) is 10.8. The van der Waals surface area contributed by atoms with E-state index in [2.05, 4.69) is 16.5 Å². The number of nitrogens with zero attached hydrogens (tertiary/aromatic N) is 4. The Morgan fingerprint density at radius 2 is 1.87 bits per heavy atom. The first-order chi connectivity index (χ1) is 14.7. The van der Waals surface area contributed by atoms with Crippen molar-refractivity contribution in [3.63, 3.8) is 0 Å². The van der Waals surface area contributed by atoms with E-state index < -0.39 is 0 Å². The molecule has 158 valence electrons. The first kappa shape index (κ1) is 20.5. The van der Waals surface area contributed by atoms with Crippen LogP contribution in [0, 0.1) is 5.92 Å². The summed E-state index contributed by atoms with van der Waals surface area (Å²) in [7, 11) is 1.66. The van der Waals surface area contributed by atoms with Crippen LogP contribution in [0.4, 0.5) is 0 Å². The van der Waals surface area contributed by atoms with Gasteiger partial charge in [-0.2, -0.15) is 4.98 Å². The van der Waals surface area contributed by atoms with Crippen LogP contribution in [0.15, 0.2) is 43.0 Å². The first-order valence-corrected chi connectivity index (χ1v) is 10.8. The molecule has 2 heterocycles. The molecule has 1 aromatic carbocycles. The van der Waals surface area contributed by atoms with Gasteiger partial charge >= 0.3 is 0 Å². The van der Waals surface area contributed by atoms with E-state index in [0.717, 1.165) is 75.2 Å². The van der Waals surface area contributed by atoms with E-state index in [1.54, 1.807) is 7.11 Å². The van der Waals surface area contributed by atoms with Crippen molar-refractivity contribution in [2.45, 2.75) is 25.7 Å². The highest BCUT2D eigenvalue weighted by molar-refractivity contribution is 5.79. The largest absolute Gasteiger partial charge is 0.481 e. The van der Waals surface area contributed by atoms with E-state index in [-0.39, 0.29) is 11.8 Å². The Labute approximate surface area is 178 Å². The molecule has 1 fully saturated rings.